The second-order valence-electron chi connectivity index (χ2n) is 4.31. The molecule has 1 heterocycles. The zero-order chi connectivity index (χ0) is 14.7. The van der Waals surface area contributed by atoms with Crippen molar-refractivity contribution in [2.24, 2.45) is 0 Å². The predicted molar refractivity (Wildman–Crippen MR) is 77.2 cm³/mol. The van der Waals surface area contributed by atoms with E-state index in [1.807, 2.05) is 18.2 Å². The molecule has 1 atom stereocenters. The lowest BCUT2D eigenvalue weighted by atomic mass is 10.2. The van der Waals surface area contributed by atoms with Crippen LogP contribution < -0.4 is 4.74 Å². The standard InChI is InChI=1S/C14H17ClN2O3/c1-4-20-14(18)9(2)17-12-6-5-10(19-3)7-11(12)16-13(17)8-15/h5-7,9H,4,8H2,1-3H3. The summed E-state index contributed by atoms with van der Waals surface area (Å²) < 4.78 is 12.0. The molecule has 1 aromatic heterocycles. The van der Waals surface area contributed by atoms with Crippen LogP contribution in [0.5, 0.6) is 5.75 Å². The molecule has 2 aromatic rings. The Morgan fingerprint density at radius 2 is 2.25 bits per heavy atom. The van der Waals surface area contributed by atoms with Gasteiger partial charge < -0.3 is 14.0 Å². The van der Waals surface area contributed by atoms with E-state index in [9.17, 15) is 4.79 Å². The lowest BCUT2D eigenvalue weighted by molar-refractivity contribution is -0.146. The van der Waals surface area contributed by atoms with Gasteiger partial charge in [-0.2, -0.15) is 0 Å². The van der Waals surface area contributed by atoms with E-state index in [0.717, 1.165) is 11.0 Å². The number of benzene rings is 1. The van der Waals surface area contributed by atoms with Gasteiger partial charge in [0.2, 0.25) is 0 Å². The van der Waals surface area contributed by atoms with Crippen molar-refractivity contribution in [3.63, 3.8) is 0 Å². The Hall–Kier alpha value is -1.75. The normalized spacial score (nSPS) is 12.4. The number of carbonyl (C=O) groups excluding carboxylic acids is 1. The minimum Gasteiger partial charge on any atom is -0.497 e. The van der Waals surface area contributed by atoms with Crippen molar-refractivity contribution in [1.82, 2.24) is 9.55 Å². The Morgan fingerprint density at radius 3 is 2.85 bits per heavy atom. The monoisotopic (exact) mass is 296 g/mol. The highest BCUT2D eigenvalue weighted by Crippen LogP contribution is 2.26. The Morgan fingerprint density at radius 1 is 1.50 bits per heavy atom. The van der Waals surface area contributed by atoms with Gasteiger partial charge in [-0.25, -0.2) is 9.78 Å². The number of methoxy groups -OCH3 is 1. The van der Waals surface area contributed by atoms with E-state index in [-0.39, 0.29) is 11.8 Å². The maximum atomic E-state index is 11.9. The number of carbonyl (C=O) groups is 1. The molecule has 5 nitrogen and oxygen atoms in total. The smallest absolute Gasteiger partial charge is 0.328 e. The molecule has 0 saturated heterocycles. The minimum absolute atomic E-state index is 0.223. The first-order valence-electron chi connectivity index (χ1n) is 6.39. The maximum absolute atomic E-state index is 11.9. The summed E-state index contributed by atoms with van der Waals surface area (Å²) in [5.74, 6) is 1.28. The number of fused-ring (bicyclic) bond motifs is 1. The van der Waals surface area contributed by atoms with Crippen LogP contribution in [0.15, 0.2) is 18.2 Å². The fourth-order valence-electron chi connectivity index (χ4n) is 2.15. The number of alkyl halides is 1. The molecule has 0 aliphatic rings. The fraction of sp³-hybridized carbons (Fsp3) is 0.429. The largest absolute Gasteiger partial charge is 0.497 e. The van der Waals surface area contributed by atoms with Crippen molar-refractivity contribution in [3.05, 3.63) is 24.0 Å². The van der Waals surface area contributed by atoms with Crippen LogP contribution in [0.25, 0.3) is 11.0 Å². The molecule has 20 heavy (non-hydrogen) atoms. The fourth-order valence-corrected chi connectivity index (χ4v) is 2.34. The van der Waals surface area contributed by atoms with Crippen molar-refractivity contribution < 1.29 is 14.3 Å². The zero-order valence-corrected chi connectivity index (χ0v) is 12.5. The van der Waals surface area contributed by atoms with Gasteiger partial charge in [0.1, 0.15) is 17.6 Å². The molecule has 0 saturated carbocycles. The third-order valence-electron chi connectivity index (χ3n) is 3.10. The van der Waals surface area contributed by atoms with Gasteiger partial charge in [-0.1, -0.05) is 0 Å². The van der Waals surface area contributed by atoms with Gasteiger partial charge in [-0.15, -0.1) is 11.6 Å². The third kappa shape index (κ3) is 2.58. The number of imidazole rings is 1. The van der Waals surface area contributed by atoms with E-state index in [4.69, 9.17) is 21.1 Å². The SMILES string of the molecule is CCOC(=O)C(C)n1c(CCl)nc2cc(OC)ccc21. The van der Waals surface area contributed by atoms with Crippen molar-refractivity contribution in [2.45, 2.75) is 25.8 Å². The summed E-state index contributed by atoms with van der Waals surface area (Å²) in [5.41, 5.74) is 1.58. The molecule has 0 amide bonds. The molecule has 0 spiro atoms. The van der Waals surface area contributed by atoms with Crippen LogP contribution in [0.3, 0.4) is 0 Å². The average molecular weight is 297 g/mol. The second kappa shape index (κ2) is 6.13. The van der Waals surface area contributed by atoms with E-state index < -0.39 is 6.04 Å². The first-order chi connectivity index (χ1) is 9.62. The Kier molecular flexibility index (Phi) is 4.49. The molecule has 6 heteroatoms. The lowest BCUT2D eigenvalue weighted by Gasteiger charge is -2.15. The number of rotatable bonds is 5. The van der Waals surface area contributed by atoms with Gasteiger partial charge in [0.15, 0.2) is 0 Å². The summed E-state index contributed by atoms with van der Waals surface area (Å²) in [5, 5.41) is 0. The average Bonchev–Trinajstić information content (AvgIpc) is 2.83. The van der Waals surface area contributed by atoms with Crippen molar-refractivity contribution >= 4 is 28.6 Å². The summed E-state index contributed by atoms with van der Waals surface area (Å²) in [7, 11) is 1.60. The molecule has 0 radical (unpaired) electrons. The van der Waals surface area contributed by atoms with Gasteiger partial charge in [-0.3, -0.25) is 0 Å². The van der Waals surface area contributed by atoms with Crippen LogP contribution >= 0.6 is 11.6 Å². The van der Waals surface area contributed by atoms with Crippen molar-refractivity contribution in [2.75, 3.05) is 13.7 Å². The molecule has 0 aliphatic heterocycles. The highest BCUT2D eigenvalue weighted by Gasteiger charge is 2.22. The van der Waals surface area contributed by atoms with Gasteiger partial charge >= 0.3 is 5.97 Å². The van der Waals surface area contributed by atoms with E-state index in [2.05, 4.69) is 4.98 Å². The second-order valence-corrected chi connectivity index (χ2v) is 4.58. The zero-order valence-electron chi connectivity index (χ0n) is 11.7. The molecule has 0 bridgehead atoms. The Labute approximate surface area is 122 Å². The minimum atomic E-state index is -0.470. The summed E-state index contributed by atoms with van der Waals surface area (Å²) in [6, 6.07) is 5.05. The first kappa shape index (κ1) is 14.7. The highest BCUT2D eigenvalue weighted by molar-refractivity contribution is 6.16. The molecule has 1 unspecified atom stereocenters. The van der Waals surface area contributed by atoms with Gasteiger partial charge in [-0.05, 0) is 26.0 Å². The van der Waals surface area contributed by atoms with Crippen LogP contribution in [-0.4, -0.2) is 29.2 Å². The number of hydrogen-bond acceptors (Lipinski definition) is 4. The van der Waals surface area contributed by atoms with Crippen LogP contribution in [0.1, 0.15) is 25.7 Å². The maximum Gasteiger partial charge on any atom is 0.328 e. The van der Waals surface area contributed by atoms with E-state index in [1.54, 1.807) is 25.5 Å². The number of nitrogens with zero attached hydrogens (tertiary/aromatic N) is 2. The molecule has 1 aromatic carbocycles. The summed E-state index contributed by atoms with van der Waals surface area (Å²) >= 11 is 5.94. The van der Waals surface area contributed by atoms with Gasteiger partial charge in [0, 0.05) is 6.07 Å². The van der Waals surface area contributed by atoms with Gasteiger partial charge in [0.25, 0.3) is 0 Å². The molecule has 2 rings (SSSR count). The van der Waals surface area contributed by atoms with Crippen molar-refractivity contribution in [3.8, 4) is 5.75 Å². The number of hydrogen-bond donors (Lipinski definition) is 0. The highest BCUT2D eigenvalue weighted by atomic mass is 35.5. The molecular formula is C14H17ClN2O3. The summed E-state index contributed by atoms with van der Waals surface area (Å²) in [4.78, 5) is 16.4. The quantitative estimate of drug-likeness (QED) is 0.629. The molecule has 0 aliphatic carbocycles. The molecular weight excluding hydrogens is 280 g/mol. The van der Waals surface area contributed by atoms with Gasteiger partial charge in [0.05, 0.1) is 30.6 Å². The first-order valence-corrected chi connectivity index (χ1v) is 6.93. The third-order valence-corrected chi connectivity index (χ3v) is 3.34. The predicted octanol–water partition coefficient (Wildman–Crippen LogP) is 2.91. The van der Waals surface area contributed by atoms with Crippen LogP contribution in [0.2, 0.25) is 0 Å². The number of aromatic nitrogens is 2. The van der Waals surface area contributed by atoms with Crippen molar-refractivity contribution in [1.29, 1.82) is 0 Å². The Bertz CT molecular complexity index is 624. The lowest BCUT2D eigenvalue weighted by Crippen LogP contribution is -2.20. The van der Waals surface area contributed by atoms with Crippen LogP contribution in [0.4, 0.5) is 0 Å². The van der Waals surface area contributed by atoms with Crippen LogP contribution in [0, 0.1) is 0 Å². The molecule has 0 N–H and O–H groups in total. The molecule has 108 valence electrons. The van der Waals surface area contributed by atoms with E-state index in [0.29, 0.717) is 18.2 Å². The van der Waals surface area contributed by atoms with E-state index in [1.165, 1.54) is 0 Å². The molecule has 0 fully saturated rings. The summed E-state index contributed by atoms with van der Waals surface area (Å²) in [6.45, 7) is 3.91. The van der Waals surface area contributed by atoms with Crippen LogP contribution in [-0.2, 0) is 15.4 Å². The summed E-state index contributed by atoms with van der Waals surface area (Å²) in [6.07, 6.45) is 0. The number of ether oxygens (including phenoxy) is 2. The number of esters is 1. The number of halogens is 1. The Balaban J connectivity index is 2.53. The van der Waals surface area contributed by atoms with E-state index >= 15 is 0 Å². The topological polar surface area (TPSA) is 53.4 Å².